The van der Waals surface area contributed by atoms with Crippen molar-refractivity contribution in [3.63, 3.8) is 0 Å². The fraction of sp³-hybridized carbons (Fsp3) is 0.778. The summed E-state index contributed by atoms with van der Waals surface area (Å²) < 4.78 is 4.52. The third-order valence-corrected chi connectivity index (χ3v) is 2.48. The second-order valence-electron chi connectivity index (χ2n) is 3.58. The van der Waals surface area contributed by atoms with Crippen molar-refractivity contribution in [2.75, 3.05) is 7.11 Å². The summed E-state index contributed by atoms with van der Waals surface area (Å²) in [5, 5.41) is 8.47. The highest BCUT2D eigenvalue weighted by Crippen LogP contribution is 2.38. The van der Waals surface area contributed by atoms with E-state index < -0.39 is 5.97 Å². The highest BCUT2D eigenvalue weighted by Gasteiger charge is 2.32. The van der Waals surface area contributed by atoms with Gasteiger partial charge in [-0.15, -0.1) is 0 Å². The van der Waals surface area contributed by atoms with E-state index in [0.717, 1.165) is 12.8 Å². The molecule has 74 valence electrons. The molecule has 0 radical (unpaired) electrons. The highest BCUT2D eigenvalue weighted by molar-refractivity contribution is 5.70. The smallest absolute Gasteiger partial charge is 0.305 e. The van der Waals surface area contributed by atoms with Crippen LogP contribution < -0.4 is 0 Å². The van der Waals surface area contributed by atoms with Crippen LogP contribution in [0.1, 0.15) is 25.7 Å². The molecule has 0 heterocycles. The van der Waals surface area contributed by atoms with E-state index in [1.54, 1.807) is 0 Å². The first-order valence-corrected chi connectivity index (χ1v) is 4.40. The first-order chi connectivity index (χ1) is 6.11. The Morgan fingerprint density at radius 1 is 1.31 bits per heavy atom. The summed E-state index contributed by atoms with van der Waals surface area (Å²) in [7, 11) is 1.37. The maximum atomic E-state index is 10.8. The molecule has 1 aliphatic rings. The average molecular weight is 186 g/mol. The molecular formula is C9H14O4. The van der Waals surface area contributed by atoms with Gasteiger partial charge in [0.2, 0.25) is 0 Å². The van der Waals surface area contributed by atoms with Crippen LogP contribution in [0.3, 0.4) is 0 Å². The molecule has 1 saturated carbocycles. The molecule has 0 aliphatic heterocycles. The molecule has 0 unspecified atom stereocenters. The van der Waals surface area contributed by atoms with Crippen LogP contribution in [0.15, 0.2) is 0 Å². The monoisotopic (exact) mass is 186 g/mol. The predicted molar refractivity (Wildman–Crippen MR) is 45.1 cm³/mol. The first kappa shape index (κ1) is 10.0. The van der Waals surface area contributed by atoms with Crippen LogP contribution in [-0.2, 0) is 14.3 Å². The fourth-order valence-corrected chi connectivity index (χ4v) is 1.77. The van der Waals surface area contributed by atoms with Gasteiger partial charge in [-0.25, -0.2) is 0 Å². The first-order valence-electron chi connectivity index (χ1n) is 4.40. The van der Waals surface area contributed by atoms with Gasteiger partial charge in [0.1, 0.15) is 0 Å². The summed E-state index contributed by atoms with van der Waals surface area (Å²) in [5.74, 6) is -0.329. The molecule has 1 N–H and O–H groups in total. The third kappa shape index (κ3) is 3.05. The van der Waals surface area contributed by atoms with Crippen molar-refractivity contribution in [1.82, 2.24) is 0 Å². The molecule has 13 heavy (non-hydrogen) atoms. The van der Waals surface area contributed by atoms with E-state index >= 15 is 0 Å². The number of carboxylic acids is 1. The zero-order chi connectivity index (χ0) is 9.84. The van der Waals surface area contributed by atoms with E-state index in [9.17, 15) is 9.59 Å². The summed E-state index contributed by atoms with van der Waals surface area (Å²) in [4.78, 5) is 21.1. The van der Waals surface area contributed by atoms with E-state index in [4.69, 9.17) is 5.11 Å². The molecule has 1 rings (SSSR count). The maximum Gasteiger partial charge on any atom is 0.305 e. The van der Waals surface area contributed by atoms with Crippen molar-refractivity contribution in [1.29, 1.82) is 0 Å². The fourth-order valence-electron chi connectivity index (χ4n) is 1.77. The van der Waals surface area contributed by atoms with Crippen molar-refractivity contribution in [3.05, 3.63) is 0 Å². The van der Waals surface area contributed by atoms with Gasteiger partial charge in [-0.1, -0.05) is 0 Å². The van der Waals surface area contributed by atoms with Crippen molar-refractivity contribution < 1.29 is 19.4 Å². The lowest BCUT2D eigenvalue weighted by Crippen LogP contribution is -2.28. The number of hydrogen-bond donors (Lipinski definition) is 1. The lowest BCUT2D eigenvalue weighted by molar-refractivity contribution is -0.143. The number of esters is 1. The Labute approximate surface area is 76.9 Å². The Balaban J connectivity index is 2.11. The van der Waals surface area contributed by atoms with Crippen LogP contribution in [-0.4, -0.2) is 24.2 Å². The SMILES string of the molecule is COC(=O)CC1CC(CC(=O)O)C1. The molecule has 1 aliphatic carbocycles. The largest absolute Gasteiger partial charge is 0.481 e. The van der Waals surface area contributed by atoms with Crippen LogP contribution in [0.25, 0.3) is 0 Å². The molecule has 0 atom stereocenters. The van der Waals surface area contributed by atoms with Crippen molar-refractivity contribution in [2.24, 2.45) is 11.8 Å². The molecular weight excluding hydrogens is 172 g/mol. The third-order valence-electron chi connectivity index (χ3n) is 2.48. The minimum absolute atomic E-state index is 0.196. The number of carbonyl (C=O) groups is 2. The molecule has 4 nitrogen and oxygen atoms in total. The zero-order valence-corrected chi connectivity index (χ0v) is 7.66. The Morgan fingerprint density at radius 2 is 1.85 bits per heavy atom. The molecule has 1 fully saturated rings. The summed E-state index contributed by atoms with van der Waals surface area (Å²) in [6, 6.07) is 0. The van der Waals surface area contributed by atoms with E-state index in [1.165, 1.54) is 7.11 Å². The van der Waals surface area contributed by atoms with E-state index in [-0.39, 0.29) is 18.3 Å². The Morgan fingerprint density at radius 3 is 2.31 bits per heavy atom. The quantitative estimate of drug-likeness (QED) is 0.666. The van der Waals surface area contributed by atoms with Crippen molar-refractivity contribution >= 4 is 11.9 Å². The van der Waals surface area contributed by atoms with Crippen LogP contribution >= 0.6 is 0 Å². The van der Waals surface area contributed by atoms with Gasteiger partial charge in [0.25, 0.3) is 0 Å². The molecule has 0 aromatic carbocycles. The van der Waals surface area contributed by atoms with Gasteiger partial charge in [0.15, 0.2) is 0 Å². The number of rotatable bonds is 4. The van der Waals surface area contributed by atoms with E-state index in [1.807, 2.05) is 0 Å². The molecule has 0 amide bonds. The van der Waals surface area contributed by atoms with E-state index in [0.29, 0.717) is 12.3 Å². The Bertz CT molecular complexity index is 206. The second-order valence-corrected chi connectivity index (χ2v) is 3.58. The second kappa shape index (κ2) is 4.25. The zero-order valence-electron chi connectivity index (χ0n) is 7.66. The lowest BCUT2D eigenvalue weighted by Gasteiger charge is -2.33. The Kier molecular flexibility index (Phi) is 3.28. The van der Waals surface area contributed by atoms with Crippen LogP contribution in [0.4, 0.5) is 0 Å². The van der Waals surface area contributed by atoms with Gasteiger partial charge in [0, 0.05) is 12.8 Å². The topological polar surface area (TPSA) is 63.6 Å². The van der Waals surface area contributed by atoms with Gasteiger partial charge in [-0.2, -0.15) is 0 Å². The number of carbonyl (C=O) groups excluding carboxylic acids is 1. The maximum absolute atomic E-state index is 10.8. The standard InChI is InChI=1S/C9H14O4/c1-13-9(12)5-7-2-6(3-7)4-8(10)11/h6-7H,2-5H2,1H3,(H,10,11). The highest BCUT2D eigenvalue weighted by atomic mass is 16.5. The minimum atomic E-state index is -0.749. The summed E-state index contributed by atoms with van der Waals surface area (Å²) in [6.07, 6.45) is 2.37. The van der Waals surface area contributed by atoms with Crippen molar-refractivity contribution in [3.8, 4) is 0 Å². The molecule has 0 spiro atoms. The van der Waals surface area contributed by atoms with Gasteiger partial charge in [0.05, 0.1) is 7.11 Å². The van der Waals surface area contributed by atoms with Gasteiger partial charge in [-0.3, -0.25) is 9.59 Å². The molecule has 0 saturated heterocycles. The molecule has 0 aromatic rings. The molecule has 0 aromatic heterocycles. The summed E-state index contributed by atoms with van der Waals surface area (Å²) >= 11 is 0. The van der Waals surface area contributed by atoms with Crippen LogP contribution in [0, 0.1) is 11.8 Å². The normalized spacial score (nSPS) is 26.2. The summed E-state index contributed by atoms with van der Waals surface area (Å²) in [6.45, 7) is 0. The number of carboxylic acid groups (broad SMARTS) is 1. The minimum Gasteiger partial charge on any atom is -0.481 e. The predicted octanol–water partition coefficient (Wildman–Crippen LogP) is 1.05. The van der Waals surface area contributed by atoms with Gasteiger partial charge >= 0.3 is 11.9 Å². The average Bonchev–Trinajstić information content (AvgIpc) is 1.99. The number of aliphatic carboxylic acids is 1. The van der Waals surface area contributed by atoms with Gasteiger partial charge < -0.3 is 9.84 Å². The number of hydrogen-bond acceptors (Lipinski definition) is 3. The summed E-state index contributed by atoms with van der Waals surface area (Å²) in [5.41, 5.74) is 0. The molecule has 4 heteroatoms. The van der Waals surface area contributed by atoms with Crippen LogP contribution in [0.2, 0.25) is 0 Å². The molecule has 0 bridgehead atoms. The van der Waals surface area contributed by atoms with Crippen LogP contribution in [0.5, 0.6) is 0 Å². The number of methoxy groups -OCH3 is 1. The van der Waals surface area contributed by atoms with Gasteiger partial charge in [-0.05, 0) is 24.7 Å². The lowest BCUT2D eigenvalue weighted by atomic mass is 9.72. The van der Waals surface area contributed by atoms with E-state index in [2.05, 4.69) is 4.74 Å². The Hall–Kier alpha value is -1.06. The number of ether oxygens (including phenoxy) is 1. The van der Waals surface area contributed by atoms with Crippen molar-refractivity contribution in [2.45, 2.75) is 25.7 Å².